The molecule has 0 bridgehead atoms. The minimum Gasteiger partial charge on any atom is -0.486 e. The molecule has 0 saturated carbocycles. The Labute approximate surface area is 158 Å². The van der Waals surface area contributed by atoms with Crippen molar-refractivity contribution >= 4 is 11.9 Å². The number of amides is 3. The first-order valence-corrected chi connectivity index (χ1v) is 8.90. The van der Waals surface area contributed by atoms with Crippen LogP contribution in [0.4, 0.5) is 4.79 Å². The lowest BCUT2D eigenvalue weighted by Gasteiger charge is -2.22. The Morgan fingerprint density at radius 1 is 1.00 bits per heavy atom. The molecule has 142 valence electrons. The maximum Gasteiger partial charge on any atom is 0.321 e. The minimum atomic E-state index is -0.563. The molecule has 0 unspecified atom stereocenters. The molecule has 3 amide bonds. The summed E-state index contributed by atoms with van der Waals surface area (Å²) in [6, 6.07) is 14.0. The molecule has 1 aliphatic heterocycles. The second kappa shape index (κ2) is 8.55. The van der Waals surface area contributed by atoms with Crippen LogP contribution in [0, 0.1) is 0 Å². The zero-order valence-electron chi connectivity index (χ0n) is 15.4. The highest BCUT2D eigenvalue weighted by Gasteiger charge is 2.28. The van der Waals surface area contributed by atoms with Gasteiger partial charge in [0.2, 0.25) is 0 Å². The van der Waals surface area contributed by atoms with Gasteiger partial charge in [0.15, 0.2) is 17.5 Å². The minimum absolute atomic E-state index is 0.0403. The molecule has 0 spiro atoms. The molecule has 1 heterocycles. The van der Waals surface area contributed by atoms with Crippen LogP contribution in [0.2, 0.25) is 0 Å². The van der Waals surface area contributed by atoms with Crippen LogP contribution in [0.5, 0.6) is 11.5 Å². The van der Waals surface area contributed by atoms with Crippen molar-refractivity contribution in [3.05, 3.63) is 59.7 Å². The van der Waals surface area contributed by atoms with Crippen LogP contribution in [-0.2, 0) is 4.79 Å². The number of nitrogens with one attached hydrogen (secondary N) is 2. The fourth-order valence-electron chi connectivity index (χ4n) is 3.01. The molecule has 7 heteroatoms. The van der Waals surface area contributed by atoms with Crippen LogP contribution in [0.25, 0.3) is 0 Å². The number of nitrogens with two attached hydrogens (primary N) is 1. The van der Waals surface area contributed by atoms with Gasteiger partial charge in [0.05, 0.1) is 0 Å². The Hall–Kier alpha value is -3.06. The average Bonchev–Trinajstić information content (AvgIpc) is 2.71. The van der Waals surface area contributed by atoms with Crippen LogP contribution in [0.1, 0.15) is 30.1 Å². The number of rotatable bonds is 5. The maximum atomic E-state index is 12.7. The molecule has 3 rings (SSSR count). The maximum absolute atomic E-state index is 12.7. The summed E-state index contributed by atoms with van der Waals surface area (Å²) in [5.74, 6) is 1.07. The fraction of sp³-hybridized carbons (Fsp3) is 0.300. The van der Waals surface area contributed by atoms with E-state index in [1.54, 1.807) is 0 Å². The number of ether oxygens (including phenoxy) is 2. The Bertz CT molecular complexity index is 810. The molecule has 1 aliphatic rings. The van der Waals surface area contributed by atoms with Crippen molar-refractivity contribution in [3.8, 4) is 11.5 Å². The van der Waals surface area contributed by atoms with Crippen LogP contribution in [0.15, 0.2) is 48.5 Å². The van der Waals surface area contributed by atoms with Gasteiger partial charge in [0.1, 0.15) is 19.3 Å². The van der Waals surface area contributed by atoms with Gasteiger partial charge in [-0.2, -0.15) is 0 Å². The zero-order valence-corrected chi connectivity index (χ0v) is 15.4. The first kappa shape index (κ1) is 18.7. The van der Waals surface area contributed by atoms with E-state index >= 15 is 0 Å². The monoisotopic (exact) mass is 370 g/mol. The molecule has 0 radical (unpaired) electrons. The Balaban J connectivity index is 1.80. The van der Waals surface area contributed by atoms with Crippen molar-refractivity contribution in [1.29, 1.82) is 0 Å². The topological polar surface area (TPSA) is 93.3 Å². The van der Waals surface area contributed by atoms with E-state index in [1.165, 1.54) is 7.05 Å². The van der Waals surface area contributed by atoms with E-state index in [1.807, 2.05) is 60.8 Å². The fourth-order valence-corrected chi connectivity index (χ4v) is 3.01. The van der Waals surface area contributed by atoms with Gasteiger partial charge in [0.25, 0.3) is 5.91 Å². The van der Waals surface area contributed by atoms with Gasteiger partial charge in [-0.05, 0) is 25.1 Å². The van der Waals surface area contributed by atoms with Crippen molar-refractivity contribution in [2.75, 3.05) is 20.3 Å². The van der Waals surface area contributed by atoms with Gasteiger partial charge in [-0.25, -0.2) is 4.79 Å². The Morgan fingerprint density at radius 3 is 2.41 bits per heavy atom. The van der Waals surface area contributed by atoms with E-state index < -0.39 is 12.1 Å². The van der Waals surface area contributed by atoms with Crippen molar-refractivity contribution in [3.63, 3.8) is 0 Å². The van der Waals surface area contributed by atoms with Gasteiger partial charge in [-0.1, -0.05) is 30.3 Å². The average molecular weight is 370 g/mol. The zero-order chi connectivity index (χ0) is 19.2. The molecule has 7 nitrogen and oxygen atoms in total. The summed E-state index contributed by atoms with van der Waals surface area (Å²) in [6.07, 6.45) is 0. The van der Waals surface area contributed by atoms with E-state index in [0.717, 1.165) is 16.9 Å². The van der Waals surface area contributed by atoms with Crippen LogP contribution in [-0.4, -0.2) is 32.2 Å². The number of carbonyl (C=O) groups excluding carboxylic acids is 2. The number of urea groups is 1. The van der Waals surface area contributed by atoms with E-state index in [0.29, 0.717) is 19.0 Å². The van der Waals surface area contributed by atoms with Crippen molar-refractivity contribution in [1.82, 2.24) is 10.6 Å². The highest BCUT2D eigenvalue weighted by atomic mass is 16.6. The molecule has 0 aromatic heterocycles. The van der Waals surface area contributed by atoms with E-state index in [2.05, 4.69) is 10.6 Å². The largest absolute Gasteiger partial charge is 0.486 e. The lowest BCUT2D eigenvalue weighted by molar-refractivity contribution is -0.719. The standard InChI is InChI=1S/C20H23N3O4/c1-13(15-8-9-16-17(12-15)27-11-10-26-16)22-18(14-6-4-3-5-7-14)19(24)23-20(25)21-2/h3-9,12-13,18,22H,10-11H2,1-2H3,(H2,21,23,24,25)/p+1/t13-,18-/m1/s1. The number of hydrogen-bond donors (Lipinski definition) is 3. The molecule has 2 atom stereocenters. The number of fused-ring (bicyclic) bond motifs is 1. The first-order chi connectivity index (χ1) is 13.1. The van der Waals surface area contributed by atoms with Gasteiger partial charge < -0.3 is 20.1 Å². The molecule has 0 saturated heterocycles. The van der Waals surface area contributed by atoms with Crippen molar-refractivity contribution in [2.45, 2.75) is 19.0 Å². The summed E-state index contributed by atoms with van der Waals surface area (Å²) >= 11 is 0. The van der Waals surface area contributed by atoms with Gasteiger partial charge in [-0.15, -0.1) is 0 Å². The molecule has 4 N–H and O–H groups in total. The lowest BCUT2D eigenvalue weighted by atomic mass is 10.0. The summed E-state index contributed by atoms with van der Waals surface area (Å²) in [5, 5.41) is 6.71. The van der Waals surface area contributed by atoms with E-state index in [4.69, 9.17) is 9.47 Å². The SMILES string of the molecule is CNC(=O)NC(=O)[C@H]([NH2+][C@H](C)c1ccc2c(c1)OCCO2)c1ccccc1. The normalized spacial score (nSPS) is 14.7. The molecule has 0 aliphatic carbocycles. The number of benzene rings is 2. The van der Waals surface area contributed by atoms with E-state index in [-0.39, 0.29) is 11.9 Å². The molecular weight excluding hydrogens is 346 g/mol. The van der Waals surface area contributed by atoms with Gasteiger partial charge >= 0.3 is 6.03 Å². The van der Waals surface area contributed by atoms with Gasteiger partial charge in [-0.3, -0.25) is 10.1 Å². The Kier molecular flexibility index (Phi) is 5.93. The van der Waals surface area contributed by atoms with Crippen molar-refractivity contribution < 1.29 is 24.4 Å². The number of imide groups is 1. The van der Waals surface area contributed by atoms with Crippen LogP contribution >= 0.6 is 0 Å². The molecule has 2 aromatic carbocycles. The molecule has 2 aromatic rings. The lowest BCUT2D eigenvalue weighted by Crippen LogP contribution is -2.88. The van der Waals surface area contributed by atoms with E-state index in [9.17, 15) is 9.59 Å². The molecule has 27 heavy (non-hydrogen) atoms. The predicted molar refractivity (Wildman–Crippen MR) is 99.6 cm³/mol. The van der Waals surface area contributed by atoms with Crippen LogP contribution in [0.3, 0.4) is 0 Å². The third-order valence-electron chi connectivity index (χ3n) is 4.48. The molecule has 0 fully saturated rings. The first-order valence-electron chi connectivity index (χ1n) is 8.90. The van der Waals surface area contributed by atoms with Crippen LogP contribution < -0.4 is 25.4 Å². The predicted octanol–water partition coefficient (Wildman–Crippen LogP) is 1.28. The molecular formula is C20H24N3O4+. The quantitative estimate of drug-likeness (QED) is 0.739. The Morgan fingerprint density at radius 2 is 1.70 bits per heavy atom. The van der Waals surface area contributed by atoms with Crippen molar-refractivity contribution in [2.24, 2.45) is 0 Å². The highest BCUT2D eigenvalue weighted by molar-refractivity contribution is 5.96. The number of hydrogen-bond acceptors (Lipinski definition) is 4. The third kappa shape index (κ3) is 4.57. The van der Waals surface area contributed by atoms with Gasteiger partial charge in [0, 0.05) is 18.2 Å². The summed E-state index contributed by atoms with van der Waals surface area (Å²) in [4.78, 5) is 24.3. The summed E-state index contributed by atoms with van der Waals surface area (Å²) in [7, 11) is 1.47. The number of quaternary nitrogens is 1. The highest BCUT2D eigenvalue weighted by Crippen LogP contribution is 2.32. The second-order valence-electron chi connectivity index (χ2n) is 6.34. The summed E-state index contributed by atoms with van der Waals surface area (Å²) in [6.45, 7) is 3.08. The summed E-state index contributed by atoms with van der Waals surface area (Å²) in [5.41, 5.74) is 1.83. The number of carbonyl (C=O) groups is 2. The summed E-state index contributed by atoms with van der Waals surface area (Å²) < 4.78 is 11.2. The third-order valence-corrected chi connectivity index (χ3v) is 4.48. The smallest absolute Gasteiger partial charge is 0.321 e. The second-order valence-corrected chi connectivity index (χ2v) is 6.34.